The Morgan fingerprint density at radius 3 is 2.60 bits per heavy atom. The van der Waals surface area contributed by atoms with Gasteiger partial charge in [-0.1, -0.05) is 17.7 Å². The average molecular weight is 229 g/mol. The van der Waals surface area contributed by atoms with Gasteiger partial charge in [-0.15, -0.1) is 0 Å². The third-order valence-electron chi connectivity index (χ3n) is 2.27. The van der Waals surface area contributed by atoms with Gasteiger partial charge in [0.2, 0.25) is 0 Å². The Kier molecular flexibility index (Phi) is 4.24. The molecule has 0 spiro atoms. The fourth-order valence-electron chi connectivity index (χ4n) is 1.57. The maximum absolute atomic E-state index is 9.00. The summed E-state index contributed by atoms with van der Waals surface area (Å²) in [7, 11) is 0. The number of halogens is 1. The lowest BCUT2D eigenvalue weighted by molar-refractivity contribution is 0.299. The van der Waals surface area contributed by atoms with Gasteiger partial charge in [0.05, 0.1) is 23.0 Å². The summed E-state index contributed by atoms with van der Waals surface area (Å²) in [6.45, 7) is 4.70. The zero-order chi connectivity index (χ0) is 11.4. The van der Waals surface area contributed by atoms with E-state index >= 15 is 0 Å². The smallest absolute Gasteiger partial charge is 0.0792 e. The lowest BCUT2D eigenvalue weighted by Gasteiger charge is -2.30. The van der Waals surface area contributed by atoms with Gasteiger partial charge in [-0.25, -0.2) is 0 Å². The number of para-hydroxylation sites is 1. The lowest BCUT2D eigenvalue weighted by atomic mass is 10.2. The molecule has 1 aromatic carbocycles. The molecule has 0 heterocycles. The van der Waals surface area contributed by atoms with Crippen LogP contribution in [0.4, 0.5) is 11.4 Å². The third kappa shape index (κ3) is 2.76. The summed E-state index contributed by atoms with van der Waals surface area (Å²) in [5.41, 5.74) is 7.33. The number of hydrogen-bond acceptors (Lipinski definition) is 3. The Labute approximate surface area is 95.5 Å². The summed E-state index contributed by atoms with van der Waals surface area (Å²) in [4.78, 5) is 2.00. The second-order valence-electron chi connectivity index (χ2n) is 3.69. The van der Waals surface area contributed by atoms with Crippen LogP contribution in [0.1, 0.15) is 13.8 Å². The van der Waals surface area contributed by atoms with Crippen LogP contribution in [-0.2, 0) is 0 Å². The van der Waals surface area contributed by atoms with Crippen LogP contribution in [-0.4, -0.2) is 24.3 Å². The normalized spacial score (nSPS) is 10.7. The molecular formula is C11H17ClN2O. The Morgan fingerprint density at radius 1 is 1.47 bits per heavy atom. The van der Waals surface area contributed by atoms with E-state index in [0.717, 1.165) is 5.69 Å². The molecule has 0 aliphatic carbocycles. The summed E-state index contributed by atoms with van der Waals surface area (Å²) in [6, 6.07) is 5.69. The monoisotopic (exact) mass is 228 g/mol. The van der Waals surface area contributed by atoms with E-state index in [9.17, 15) is 0 Å². The van der Waals surface area contributed by atoms with Crippen LogP contribution in [0.2, 0.25) is 5.02 Å². The predicted molar refractivity (Wildman–Crippen MR) is 65.4 cm³/mol. The maximum Gasteiger partial charge on any atom is 0.0792 e. The SMILES string of the molecule is CC(C)N(CCO)c1c(N)cccc1Cl. The molecule has 1 rings (SSSR count). The number of benzene rings is 1. The molecule has 84 valence electrons. The predicted octanol–water partition coefficient (Wildman–Crippen LogP) is 2.13. The number of nitrogens with zero attached hydrogens (tertiary/aromatic N) is 1. The van der Waals surface area contributed by atoms with E-state index in [0.29, 0.717) is 17.3 Å². The lowest BCUT2D eigenvalue weighted by Crippen LogP contribution is -2.34. The van der Waals surface area contributed by atoms with Crippen molar-refractivity contribution in [3.63, 3.8) is 0 Å². The molecule has 1 aromatic rings. The van der Waals surface area contributed by atoms with Crippen molar-refractivity contribution >= 4 is 23.0 Å². The molecule has 0 aliphatic heterocycles. The van der Waals surface area contributed by atoms with Crippen LogP contribution < -0.4 is 10.6 Å². The minimum absolute atomic E-state index is 0.0862. The molecule has 0 aromatic heterocycles. The Hall–Kier alpha value is -0.930. The molecular weight excluding hydrogens is 212 g/mol. The second-order valence-corrected chi connectivity index (χ2v) is 4.10. The molecule has 0 unspecified atom stereocenters. The van der Waals surface area contributed by atoms with Gasteiger partial charge in [0, 0.05) is 12.6 Å². The number of aliphatic hydroxyl groups is 1. The number of aliphatic hydroxyl groups excluding tert-OH is 1. The zero-order valence-corrected chi connectivity index (χ0v) is 9.83. The van der Waals surface area contributed by atoms with Crippen LogP contribution in [0.15, 0.2) is 18.2 Å². The Morgan fingerprint density at radius 2 is 2.13 bits per heavy atom. The first-order chi connectivity index (χ1) is 7.07. The summed E-state index contributed by atoms with van der Waals surface area (Å²) >= 11 is 6.10. The highest BCUT2D eigenvalue weighted by molar-refractivity contribution is 6.34. The molecule has 0 bridgehead atoms. The summed E-state index contributed by atoms with van der Waals surface area (Å²) in [5, 5.41) is 9.63. The molecule has 3 nitrogen and oxygen atoms in total. The minimum Gasteiger partial charge on any atom is -0.397 e. The molecule has 0 fully saturated rings. The fourth-order valence-corrected chi connectivity index (χ4v) is 1.86. The van der Waals surface area contributed by atoms with Crippen LogP contribution in [0, 0.1) is 0 Å². The van der Waals surface area contributed by atoms with E-state index in [1.807, 2.05) is 30.9 Å². The molecule has 0 aliphatic rings. The molecule has 0 radical (unpaired) electrons. The van der Waals surface area contributed by atoms with E-state index in [-0.39, 0.29) is 12.6 Å². The van der Waals surface area contributed by atoms with Crippen molar-refractivity contribution in [2.45, 2.75) is 19.9 Å². The number of rotatable bonds is 4. The van der Waals surface area contributed by atoms with Crippen molar-refractivity contribution in [2.24, 2.45) is 0 Å². The first-order valence-corrected chi connectivity index (χ1v) is 5.37. The molecule has 4 heteroatoms. The van der Waals surface area contributed by atoms with Gasteiger partial charge in [0.25, 0.3) is 0 Å². The number of nitrogen functional groups attached to an aromatic ring is 1. The third-order valence-corrected chi connectivity index (χ3v) is 2.57. The van der Waals surface area contributed by atoms with Crippen molar-refractivity contribution in [1.82, 2.24) is 0 Å². The summed E-state index contributed by atoms with van der Waals surface area (Å²) in [6.07, 6.45) is 0. The molecule has 0 saturated carbocycles. The van der Waals surface area contributed by atoms with Gasteiger partial charge in [-0.2, -0.15) is 0 Å². The molecule has 3 N–H and O–H groups in total. The van der Waals surface area contributed by atoms with E-state index in [1.165, 1.54) is 0 Å². The zero-order valence-electron chi connectivity index (χ0n) is 9.07. The average Bonchev–Trinajstić information content (AvgIpc) is 2.15. The number of anilines is 2. The van der Waals surface area contributed by atoms with Gasteiger partial charge in [0.1, 0.15) is 0 Å². The van der Waals surface area contributed by atoms with Crippen LogP contribution in [0.25, 0.3) is 0 Å². The van der Waals surface area contributed by atoms with E-state index in [2.05, 4.69) is 0 Å². The number of nitrogens with two attached hydrogens (primary N) is 1. The largest absolute Gasteiger partial charge is 0.397 e. The first kappa shape index (κ1) is 12.1. The Balaban J connectivity index is 3.10. The van der Waals surface area contributed by atoms with Crippen molar-refractivity contribution in [2.75, 3.05) is 23.8 Å². The fraction of sp³-hybridized carbons (Fsp3) is 0.455. The standard InChI is InChI=1S/C11H17ClN2O/c1-8(2)14(6-7-15)11-9(12)4-3-5-10(11)13/h3-5,8,15H,6-7,13H2,1-2H3. The van der Waals surface area contributed by atoms with Gasteiger partial charge < -0.3 is 15.7 Å². The highest BCUT2D eigenvalue weighted by atomic mass is 35.5. The van der Waals surface area contributed by atoms with Crippen LogP contribution >= 0.6 is 11.6 Å². The van der Waals surface area contributed by atoms with E-state index in [4.69, 9.17) is 22.4 Å². The topological polar surface area (TPSA) is 49.5 Å². The second kappa shape index (κ2) is 5.24. The molecule has 0 atom stereocenters. The molecule has 0 amide bonds. The van der Waals surface area contributed by atoms with Gasteiger partial charge in [0.15, 0.2) is 0 Å². The number of hydrogen-bond donors (Lipinski definition) is 2. The van der Waals surface area contributed by atoms with Gasteiger partial charge in [-0.3, -0.25) is 0 Å². The maximum atomic E-state index is 9.00. The van der Waals surface area contributed by atoms with E-state index < -0.39 is 0 Å². The van der Waals surface area contributed by atoms with Crippen molar-refractivity contribution in [1.29, 1.82) is 0 Å². The highest BCUT2D eigenvalue weighted by Crippen LogP contribution is 2.32. The van der Waals surface area contributed by atoms with Crippen molar-refractivity contribution < 1.29 is 5.11 Å². The van der Waals surface area contributed by atoms with Crippen molar-refractivity contribution in [3.8, 4) is 0 Å². The van der Waals surface area contributed by atoms with E-state index in [1.54, 1.807) is 6.07 Å². The van der Waals surface area contributed by atoms with Gasteiger partial charge >= 0.3 is 0 Å². The summed E-state index contributed by atoms with van der Waals surface area (Å²) in [5.74, 6) is 0. The first-order valence-electron chi connectivity index (χ1n) is 4.99. The van der Waals surface area contributed by atoms with Crippen LogP contribution in [0.3, 0.4) is 0 Å². The Bertz CT molecular complexity index is 308. The highest BCUT2D eigenvalue weighted by Gasteiger charge is 2.15. The molecule has 0 saturated heterocycles. The van der Waals surface area contributed by atoms with Gasteiger partial charge in [-0.05, 0) is 26.0 Å². The minimum atomic E-state index is 0.0862. The van der Waals surface area contributed by atoms with Crippen LogP contribution in [0.5, 0.6) is 0 Å². The quantitative estimate of drug-likeness (QED) is 0.777. The van der Waals surface area contributed by atoms with Crippen molar-refractivity contribution in [3.05, 3.63) is 23.2 Å². The summed E-state index contributed by atoms with van der Waals surface area (Å²) < 4.78 is 0. The molecule has 15 heavy (non-hydrogen) atoms.